The highest BCUT2D eigenvalue weighted by atomic mass is 32.1. The molecular formula is C25H21FN4O6S. The number of nitrogens with zero attached hydrogens (tertiary/aromatic N) is 2. The fourth-order valence-corrected chi connectivity index (χ4v) is 4.68. The molecule has 0 radical (unpaired) electrons. The van der Waals surface area contributed by atoms with Crippen LogP contribution in [0.4, 0.5) is 26.2 Å². The number of pyridine rings is 1. The normalized spacial score (nSPS) is 10.7. The van der Waals surface area contributed by atoms with Crippen LogP contribution >= 0.6 is 11.3 Å². The molecule has 0 saturated heterocycles. The van der Waals surface area contributed by atoms with Gasteiger partial charge in [0.2, 0.25) is 0 Å². The van der Waals surface area contributed by atoms with Crippen molar-refractivity contribution in [3.05, 3.63) is 76.0 Å². The number of anilines is 3. The summed E-state index contributed by atoms with van der Waals surface area (Å²) in [6.07, 6.45) is 3.48. The van der Waals surface area contributed by atoms with Crippen molar-refractivity contribution in [3.8, 4) is 5.75 Å². The van der Waals surface area contributed by atoms with E-state index in [0.29, 0.717) is 23.6 Å². The molecule has 2 amide bonds. The van der Waals surface area contributed by atoms with E-state index in [1.165, 1.54) is 18.6 Å². The number of hydrogen-bond donors (Lipinski definition) is 4. The molecule has 2 aromatic heterocycles. The highest BCUT2D eigenvalue weighted by Gasteiger charge is 2.24. The summed E-state index contributed by atoms with van der Waals surface area (Å²) in [7, 11) is 3.19. The van der Waals surface area contributed by atoms with Crippen LogP contribution < -0.4 is 20.3 Å². The lowest BCUT2D eigenvalue weighted by Crippen LogP contribution is -2.22. The number of methoxy groups -OCH3 is 1. The molecular weight excluding hydrogens is 503 g/mol. The van der Waals surface area contributed by atoms with Gasteiger partial charge in [0.1, 0.15) is 16.2 Å². The Hall–Kier alpha value is -4.71. The van der Waals surface area contributed by atoms with E-state index in [1.807, 2.05) is 29.2 Å². The maximum absolute atomic E-state index is 14.8. The van der Waals surface area contributed by atoms with Gasteiger partial charge in [-0.05, 0) is 23.1 Å². The van der Waals surface area contributed by atoms with Gasteiger partial charge in [-0.1, -0.05) is 18.2 Å². The number of amides is 2. The van der Waals surface area contributed by atoms with Crippen LogP contribution in [0, 0.1) is 5.82 Å². The third kappa shape index (κ3) is 5.28. The van der Waals surface area contributed by atoms with Crippen molar-refractivity contribution < 1.29 is 33.7 Å². The van der Waals surface area contributed by atoms with Crippen molar-refractivity contribution in [2.45, 2.75) is 6.54 Å². The zero-order chi connectivity index (χ0) is 26.7. The Morgan fingerprint density at radius 3 is 2.57 bits per heavy atom. The third-order valence-electron chi connectivity index (χ3n) is 5.56. The number of aromatic nitrogens is 1. The summed E-state index contributed by atoms with van der Waals surface area (Å²) in [6, 6.07) is 9.33. The number of ether oxygens (including phenoxy) is 1. The molecule has 0 aliphatic carbocycles. The van der Waals surface area contributed by atoms with E-state index in [-0.39, 0.29) is 17.1 Å². The number of hydrogen-bond acceptors (Lipinski definition) is 7. The first kappa shape index (κ1) is 25.4. The minimum absolute atomic E-state index is 0.190. The molecule has 10 nitrogen and oxygen atoms in total. The molecule has 0 spiro atoms. The summed E-state index contributed by atoms with van der Waals surface area (Å²) < 4.78 is 20.2. The second kappa shape index (κ2) is 10.5. The highest BCUT2D eigenvalue weighted by Crippen LogP contribution is 2.35. The molecule has 0 aliphatic rings. The van der Waals surface area contributed by atoms with Crippen LogP contribution in [0.15, 0.2) is 54.2 Å². The number of carboxylic acid groups (broad SMARTS) is 2. The van der Waals surface area contributed by atoms with E-state index in [1.54, 1.807) is 19.4 Å². The molecule has 0 saturated carbocycles. The summed E-state index contributed by atoms with van der Waals surface area (Å²) in [6.45, 7) is 0.422. The Morgan fingerprint density at radius 2 is 1.86 bits per heavy atom. The smallest absolute Gasteiger partial charge is 0.346 e. The van der Waals surface area contributed by atoms with Gasteiger partial charge < -0.3 is 30.5 Å². The number of urea groups is 1. The van der Waals surface area contributed by atoms with E-state index in [9.17, 15) is 29.0 Å². The largest absolute Gasteiger partial charge is 0.494 e. The Kier molecular flexibility index (Phi) is 7.20. The average molecular weight is 525 g/mol. The van der Waals surface area contributed by atoms with Crippen LogP contribution in [0.2, 0.25) is 0 Å². The van der Waals surface area contributed by atoms with Crippen LogP contribution in [-0.4, -0.2) is 47.3 Å². The Bertz CT molecular complexity index is 1520. The molecule has 0 bridgehead atoms. The lowest BCUT2D eigenvalue weighted by molar-refractivity contribution is 0.0657. The third-order valence-corrected chi connectivity index (χ3v) is 6.52. The Balaban J connectivity index is 1.59. The molecule has 12 heteroatoms. The average Bonchev–Trinajstić information content (AvgIpc) is 3.29. The Labute approximate surface area is 213 Å². The minimum atomic E-state index is -1.52. The van der Waals surface area contributed by atoms with E-state index in [0.717, 1.165) is 22.4 Å². The predicted octanol–water partition coefficient (Wildman–Crippen LogP) is 5.12. The number of halogens is 1. The number of carbonyl (C=O) groups excluding carboxylic acids is 1. The Morgan fingerprint density at radius 1 is 1.11 bits per heavy atom. The maximum Gasteiger partial charge on any atom is 0.346 e. The van der Waals surface area contributed by atoms with Gasteiger partial charge in [0.05, 0.1) is 24.2 Å². The summed E-state index contributed by atoms with van der Waals surface area (Å²) in [5, 5.41) is 26.3. The second-order valence-electron chi connectivity index (χ2n) is 7.92. The number of carboxylic acids is 2. The zero-order valence-corrected chi connectivity index (χ0v) is 20.4. The van der Waals surface area contributed by atoms with Gasteiger partial charge in [0.25, 0.3) is 0 Å². The maximum atomic E-state index is 14.8. The number of nitrogens with one attached hydrogen (secondary N) is 2. The summed E-state index contributed by atoms with van der Waals surface area (Å²) in [4.78, 5) is 40.9. The van der Waals surface area contributed by atoms with Crippen LogP contribution in [0.1, 0.15) is 25.6 Å². The first-order valence-electron chi connectivity index (χ1n) is 10.8. The second-order valence-corrected chi connectivity index (χ2v) is 8.80. The number of benzene rings is 2. The van der Waals surface area contributed by atoms with Crippen molar-refractivity contribution in [2.24, 2.45) is 0 Å². The molecule has 0 fully saturated rings. The van der Waals surface area contributed by atoms with Crippen molar-refractivity contribution in [3.63, 3.8) is 0 Å². The highest BCUT2D eigenvalue weighted by molar-refractivity contribution is 7.13. The van der Waals surface area contributed by atoms with Crippen molar-refractivity contribution in [2.75, 3.05) is 29.7 Å². The van der Waals surface area contributed by atoms with Gasteiger partial charge in [0, 0.05) is 42.8 Å². The number of rotatable bonds is 8. The predicted molar refractivity (Wildman–Crippen MR) is 138 cm³/mol. The summed E-state index contributed by atoms with van der Waals surface area (Å²) in [5.41, 5.74) is 0.482. The molecule has 0 aliphatic heterocycles. The first-order valence-corrected chi connectivity index (χ1v) is 11.6. The minimum Gasteiger partial charge on any atom is -0.494 e. The van der Waals surface area contributed by atoms with Crippen molar-refractivity contribution in [1.82, 2.24) is 4.98 Å². The van der Waals surface area contributed by atoms with E-state index in [4.69, 9.17) is 4.74 Å². The molecule has 37 heavy (non-hydrogen) atoms. The molecule has 4 aromatic rings. The van der Waals surface area contributed by atoms with Crippen molar-refractivity contribution in [1.29, 1.82) is 0 Å². The van der Waals surface area contributed by atoms with Gasteiger partial charge in [-0.2, -0.15) is 0 Å². The summed E-state index contributed by atoms with van der Waals surface area (Å²) in [5.74, 6) is -3.50. The van der Waals surface area contributed by atoms with Gasteiger partial charge in [-0.3, -0.25) is 4.98 Å². The quantitative estimate of drug-likeness (QED) is 0.249. The molecule has 190 valence electrons. The molecule has 0 atom stereocenters. The number of carbonyl (C=O) groups is 3. The first-order chi connectivity index (χ1) is 17.7. The summed E-state index contributed by atoms with van der Waals surface area (Å²) >= 11 is 0.652. The lowest BCUT2D eigenvalue weighted by Gasteiger charge is -2.24. The standard InChI is InChI=1S/C25H21FN4O6S/c1-30(11-14-5-3-4-13-6-7-27-10-15(13)14)19-9-17(16(26)8-20(19)36-2)28-25(35)29-18-12-37-22(24(33)34)21(18)23(31)32/h3-10,12H,11H2,1-2H3,(H,31,32)(H,33,34)(H2,28,29,35). The van der Waals surface area contributed by atoms with Gasteiger partial charge in [-0.15, -0.1) is 11.3 Å². The lowest BCUT2D eigenvalue weighted by atomic mass is 10.1. The molecule has 4 N–H and O–H groups in total. The van der Waals surface area contributed by atoms with Crippen LogP contribution in [0.3, 0.4) is 0 Å². The topological polar surface area (TPSA) is 141 Å². The molecule has 2 heterocycles. The molecule has 4 rings (SSSR count). The fourth-order valence-electron chi connectivity index (χ4n) is 3.85. The van der Waals surface area contributed by atoms with E-state index in [2.05, 4.69) is 15.6 Å². The SMILES string of the molecule is COc1cc(F)c(NC(=O)Nc2csc(C(=O)O)c2C(=O)O)cc1N(C)Cc1cccc2ccncc12. The zero-order valence-electron chi connectivity index (χ0n) is 19.6. The van der Waals surface area contributed by atoms with Gasteiger partial charge in [0.15, 0.2) is 5.82 Å². The number of fused-ring (bicyclic) bond motifs is 1. The fraction of sp³-hybridized carbons (Fsp3) is 0.120. The van der Waals surface area contributed by atoms with E-state index < -0.39 is 34.2 Å². The number of thiophene rings is 1. The molecule has 0 unspecified atom stereocenters. The van der Waals surface area contributed by atoms with Crippen LogP contribution in [0.5, 0.6) is 5.75 Å². The van der Waals surface area contributed by atoms with E-state index >= 15 is 0 Å². The molecule has 2 aromatic carbocycles. The number of aromatic carboxylic acids is 2. The van der Waals surface area contributed by atoms with Gasteiger partial charge >= 0.3 is 18.0 Å². The monoisotopic (exact) mass is 524 g/mol. The van der Waals surface area contributed by atoms with Crippen molar-refractivity contribution >= 4 is 57.1 Å². The van der Waals surface area contributed by atoms with Crippen LogP contribution in [0.25, 0.3) is 10.8 Å². The van der Waals surface area contributed by atoms with Gasteiger partial charge in [-0.25, -0.2) is 18.8 Å². The van der Waals surface area contributed by atoms with Crippen LogP contribution in [-0.2, 0) is 6.54 Å².